The minimum Gasteiger partial charge on any atom is -0.668 e. The van der Waals surface area contributed by atoms with Gasteiger partial charge >= 0.3 is 40.4 Å². The Balaban J connectivity index is 0. The molecule has 0 spiro atoms. The number of aliphatic imine (C=N–C) groups is 1. The summed E-state index contributed by atoms with van der Waals surface area (Å²) in [6.45, 7) is 33.8. The molecule has 1 heterocycles. The molecule has 0 atom stereocenters. The molecule has 1 aromatic heterocycles. The van der Waals surface area contributed by atoms with Gasteiger partial charge in [0.2, 0.25) is 0 Å². The van der Waals surface area contributed by atoms with Gasteiger partial charge in [0.15, 0.2) is 0 Å². The molecule has 0 saturated carbocycles. The van der Waals surface area contributed by atoms with Gasteiger partial charge in [-0.3, -0.25) is 4.99 Å². The number of para-hydroxylation sites is 1. The summed E-state index contributed by atoms with van der Waals surface area (Å²) in [6.07, 6.45) is 1.85. The predicted molar refractivity (Wildman–Crippen MR) is 165 cm³/mol. The SMILES string of the molecule is CC(C)(C)N=Cc1cc2ccccc2[n-]1.C[Si](C)(C)[N-][Si](C)(C)C.C[Si](C)(C)[N-][Si](C)(C)C.[Sm+3]. The van der Waals surface area contributed by atoms with Crippen molar-refractivity contribution in [3.63, 3.8) is 0 Å². The van der Waals surface area contributed by atoms with Crippen LogP contribution in [-0.2, 0) is 0 Å². The van der Waals surface area contributed by atoms with Crippen LogP contribution in [0.3, 0.4) is 0 Å². The Morgan fingerprint density at radius 1 is 0.706 bits per heavy atom. The molecule has 0 saturated heterocycles. The second kappa shape index (κ2) is 14.5. The van der Waals surface area contributed by atoms with Crippen LogP contribution in [0, 0.1) is 40.4 Å². The van der Waals surface area contributed by atoms with E-state index in [9.17, 15) is 0 Å². The molecule has 0 amide bonds. The van der Waals surface area contributed by atoms with E-state index in [0.717, 1.165) is 11.2 Å². The molecule has 0 aliphatic carbocycles. The first-order chi connectivity index (χ1) is 14.5. The Labute approximate surface area is 248 Å². The van der Waals surface area contributed by atoms with Gasteiger partial charge in [0, 0.05) is 6.21 Å². The maximum Gasteiger partial charge on any atom is 3.00 e. The Morgan fingerprint density at radius 3 is 1.38 bits per heavy atom. The molecule has 193 valence electrons. The van der Waals surface area contributed by atoms with E-state index >= 15 is 0 Å². The molecule has 34 heavy (non-hydrogen) atoms. The molecule has 0 aliphatic heterocycles. The normalized spacial score (nSPS) is 13.0. The van der Waals surface area contributed by atoms with Gasteiger partial charge in [0.25, 0.3) is 0 Å². The third-order valence-corrected chi connectivity index (χ3v) is 14.1. The van der Waals surface area contributed by atoms with Crippen LogP contribution in [0.4, 0.5) is 0 Å². The van der Waals surface area contributed by atoms with Crippen molar-refractivity contribution >= 4 is 50.1 Å². The molecule has 2 aromatic rings. The summed E-state index contributed by atoms with van der Waals surface area (Å²) >= 11 is 0. The number of benzene rings is 1. The average Bonchev–Trinajstić information content (AvgIpc) is 2.89. The minimum atomic E-state index is -1.11. The minimum absolute atomic E-state index is 0. The van der Waals surface area contributed by atoms with Crippen LogP contribution in [0.1, 0.15) is 26.5 Å². The van der Waals surface area contributed by atoms with Gasteiger partial charge in [-0.25, -0.2) is 0 Å². The van der Waals surface area contributed by atoms with Crippen molar-refractivity contribution in [1.82, 2.24) is 4.98 Å². The number of rotatable bonds is 5. The first-order valence-corrected chi connectivity index (χ1v) is 25.8. The van der Waals surface area contributed by atoms with E-state index in [0.29, 0.717) is 0 Å². The molecule has 0 fully saturated rings. The van der Waals surface area contributed by atoms with Crippen LogP contribution in [0.15, 0.2) is 35.3 Å². The summed E-state index contributed by atoms with van der Waals surface area (Å²) in [6, 6.07) is 10.2. The average molecular weight is 670 g/mol. The van der Waals surface area contributed by atoms with Crippen molar-refractivity contribution in [1.29, 1.82) is 0 Å². The van der Waals surface area contributed by atoms with Gasteiger partial charge in [-0.05, 0) is 26.2 Å². The Hall–Kier alpha value is 0.555. The van der Waals surface area contributed by atoms with E-state index in [4.69, 9.17) is 9.30 Å². The third kappa shape index (κ3) is 23.0. The van der Waals surface area contributed by atoms with Crippen LogP contribution >= 0.6 is 0 Å². The Bertz CT molecular complexity index is 779. The summed E-state index contributed by atoms with van der Waals surface area (Å²) in [5, 5.41) is 1.17. The number of hydrogen-bond donors (Lipinski definition) is 0. The van der Waals surface area contributed by atoms with Crippen molar-refractivity contribution < 1.29 is 40.4 Å². The largest absolute Gasteiger partial charge is 3.00 e. The van der Waals surface area contributed by atoms with Crippen molar-refractivity contribution in [2.45, 2.75) is 105 Å². The first kappa shape index (κ1) is 36.7. The molecular formula is C25H51N4Si4Sm. The van der Waals surface area contributed by atoms with E-state index in [1.807, 2.05) is 24.4 Å². The van der Waals surface area contributed by atoms with Crippen LogP contribution in [0.25, 0.3) is 20.2 Å². The number of fused-ring (bicyclic) bond motifs is 1. The number of hydrogen-bond acceptors (Lipinski definition) is 1. The molecule has 0 unspecified atom stereocenters. The van der Waals surface area contributed by atoms with E-state index in [-0.39, 0.29) is 45.9 Å². The fourth-order valence-corrected chi connectivity index (χ4v) is 19.5. The second-order valence-electron chi connectivity index (χ2n) is 13.6. The molecule has 9 heteroatoms. The molecule has 1 aromatic carbocycles. The number of aromatic nitrogens is 1. The summed E-state index contributed by atoms with van der Waals surface area (Å²) in [5.74, 6) is 0. The molecular weight excluding hydrogens is 619 g/mol. The van der Waals surface area contributed by atoms with Gasteiger partial charge < -0.3 is 14.3 Å². The van der Waals surface area contributed by atoms with E-state index in [2.05, 4.69) is 121 Å². The zero-order valence-electron chi connectivity index (χ0n) is 24.7. The molecule has 0 N–H and O–H groups in total. The Morgan fingerprint density at radius 2 is 1.09 bits per heavy atom. The second-order valence-corrected chi connectivity index (χ2v) is 32.7. The fourth-order valence-electron chi connectivity index (χ4n) is 3.38. The van der Waals surface area contributed by atoms with Gasteiger partial charge in [-0.1, -0.05) is 142 Å². The maximum atomic E-state index is 4.82. The van der Waals surface area contributed by atoms with E-state index in [1.54, 1.807) is 0 Å². The van der Waals surface area contributed by atoms with Crippen molar-refractivity contribution in [2.75, 3.05) is 0 Å². The van der Waals surface area contributed by atoms with Crippen molar-refractivity contribution in [2.24, 2.45) is 4.99 Å². The zero-order chi connectivity index (χ0) is 26.3. The summed E-state index contributed by atoms with van der Waals surface area (Å²) in [5.41, 5.74) is 1.93. The van der Waals surface area contributed by atoms with Crippen LogP contribution < -0.4 is 4.98 Å². The summed E-state index contributed by atoms with van der Waals surface area (Å²) in [7, 11) is -4.42. The fraction of sp³-hybridized carbons (Fsp3) is 0.640. The van der Waals surface area contributed by atoms with Crippen molar-refractivity contribution in [3.05, 3.63) is 45.3 Å². The maximum absolute atomic E-state index is 4.82. The van der Waals surface area contributed by atoms with Crippen LogP contribution in [0.2, 0.25) is 78.6 Å². The van der Waals surface area contributed by atoms with Crippen molar-refractivity contribution in [3.8, 4) is 0 Å². The monoisotopic (exact) mass is 671 g/mol. The third-order valence-electron chi connectivity index (χ3n) is 3.42. The Kier molecular flexibility index (Phi) is 15.6. The molecule has 2 rings (SSSR count). The number of nitrogens with zero attached hydrogens (tertiary/aromatic N) is 4. The van der Waals surface area contributed by atoms with Gasteiger partial charge in [0.1, 0.15) is 0 Å². The van der Waals surface area contributed by atoms with Crippen LogP contribution in [0.5, 0.6) is 0 Å². The molecule has 1 radical (unpaired) electrons. The molecule has 0 bridgehead atoms. The first-order valence-electron chi connectivity index (χ1n) is 12.0. The van der Waals surface area contributed by atoms with Gasteiger partial charge in [-0.15, -0.1) is 11.2 Å². The quantitative estimate of drug-likeness (QED) is 0.231. The predicted octanol–water partition coefficient (Wildman–Crippen LogP) is 9.07. The molecule has 0 aliphatic rings. The summed E-state index contributed by atoms with van der Waals surface area (Å²) < 4.78 is 9.64. The van der Waals surface area contributed by atoms with E-state index in [1.165, 1.54) is 5.39 Å². The van der Waals surface area contributed by atoms with Gasteiger partial charge in [0.05, 0.1) is 5.54 Å². The molecule has 4 nitrogen and oxygen atoms in total. The summed E-state index contributed by atoms with van der Waals surface area (Å²) in [4.78, 5) is 8.90. The van der Waals surface area contributed by atoms with E-state index < -0.39 is 32.9 Å². The smallest absolute Gasteiger partial charge is 0.668 e. The zero-order valence-corrected chi connectivity index (χ0v) is 31.3. The van der Waals surface area contributed by atoms with Gasteiger partial charge in [-0.2, -0.15) is 0 Å². The van der Waals surface area contributed by atoms with Crippen LogP contribution in [-0.4, -0.2) is 44.7 Å². The topological polar surface area (TPSA) is 54.7 Å². The standard InChI is InChI=1S/C13H15N2.2C6H18NSi2.Sm/c1-13(2,3)14-9-11-8-10-6-4-5-7-12(10)15-11;2*1-8(2,3)7-9(4,5)6;/h4-9H,1-3H3;2*1-6H3;/q3*-1;+3.